The molecule has 1 atom stereocenters. The number of piperidine rings is 1. The summed E-state index contributed by atoms with van der Waals surface area (Å²) in [6, 6.07) is 10.9. The standard InChI is InChI=1S/C23H25F2NO3/c24-21-5-1-3-17(14-21)13-18-6-7-22(25)15-19(18)8-11-29-12-10-26-9-2-4-20(16-26)23(27)28/h1,3,5-8,11,14-15,20H,2,4,9-10,12-13,16H2,(H,27,28)/b11-8-. The van der Waals surface area contributed by atoms with Gasteiger partial charge in [0.25, 0.3) is 0 Å². The van der Waals surface area contributed by atoms with Crippen LogP contribution in [-0.4, -0.2) is 42.2 Å². The molecule has 0 aliphatic carbocycles. The zero-order valence-electron chi connectivity index (χ0n) is 16.2. The van der Waals surface area contributed by atoms with Crippen LogP contribution in [0.15, 0.2) is 48.7 Å². The number of carbonyl (C=O) groups is 1. The van der Waals surface area contributed by atoms with Crippen molar-refractivity contribution < 1.29 is 23.4 Å². The van der Waals surface area contributed by atoms with E-state index in [2.05, 4.69) is 4.90 Å². The topological polar surface area (TPSA) is 49.8 Å². The van der Waals surface area contributed by atoms with Crippen LogP contribution in [0, 0.1) is 17.6 Å². The fourth-order valence-electron chi connectivity index (χ4n) is 3.58. The van der Waals surface area contributed by atoms with Crippen molar-refractivity contribution in [1.82, 2.24) is 4.90 Å². The Kier molecular flexibility index (Phi) is 7.36. The third-order valence-corrected chi connectivity index (χ3v) is 5.12. The smallest absolute Gasteiger partial charge is 0.307 e. The Labute approximate surface area is 169 Å². The van der Waals surface area contributed by atoms with Gasteiger partial charge in [-0.15, -0.1) is 0 Å². The van der Waals surface area contributed by atoms with Gasteiger partial charge in [0, 0.05) is 13.1 Å². The van der Waals surface area contributed by atoms with Crippen molar-refractivity contribution in [2.24, 2.45) is 5.92 Å². The maximum absolute atomic E-state index is 13.7. The van der Waals surface area contributed by atoms with Gasteiger partial charge in [-0.3, -0.25) is 9.69 Å². The summed E-state index contributed by atoms with van der Waals surface area (Å²) >= 11 is 0. The molecule has 0 bridgehead atoms. The molecule has 1 aliphatic heterocycles. The average Bonchev–Trinajstić information content (AvgIpc) is 2.70. The van der Waals surface area contributed by atoms with Gasteiger partial charge in [-0.2, -0.15) is 0 Å². The molecule has 29 heavy (non-hydrogen) atoms. The molecule has 0 amide bonds. The quantitative estimate of drug-likeness (QED) is 0.528. The minimum absolute atomic E-state index is 0.298. The highest BCUT2D eigenvalue weighted by Crippen LogP contribution is 2.19. The molecule has 0 aromatic heterocycles. The average molecular weight is 401 g/mol. The number of aliphatic carboxylic acids is 1. The molecule has 1 aliphatic rings. The first-order chi connectivity index (χ1) is 14.0. The molecule has 0 saturated carbocycles. The first kappa shape index (κ1) is 21.0. The van der Waals surface area contributed by atoms with Crippen LogP contribution in [0.2, 0.25) is 0 Å². The Morgan fingerprint density at radius 3 is 2.83 bits per heavy atom. The molecule has 1 N–H and O–H groups in total. The van der Waals surface area contributed by atoms with E-state index >= 15 is 0 Å². The van der Waals surface area contributed by atoms with Crippen LogP contribution in [0.5, 0.6) is 0 Å². The number of carboxylic acids is 1. The van der Waals surface area contributed by atoms with E-state index in [4.69, 9.17) is 9.84 Å². The van der Waals surface area contributed by atoms with E-state index < -0.39 is 5.97 Å². The number of hydrogen-bond donors (Lipinski definition) is 1. The Bertz CT molecular complexity index is 869. The van der Waals surface area contributed by atoms with Crippen LogP contribution in [0.3, 0.4) is 0 Å². The zero-order valence-corrected chi connectivity index (χ0v) is 16.2. The minimum Gasteiger partial charge on any atom is -0.500 e. The molecule has 6 heteroatoms. The molecule has 3 rings (SSSR count). The summed E-state index contributed by atoms with van der Waals surface area (Å²) in [4.78, 5) is 13.2. The lowest BCUT2D eigenvalue weighted by molar-refractivity contribution is -0.143. The van der Waals surface area contributed by atoms with Crippen LogP contribution in [0.4, 0.5) is 8.78 Å². The molecule has 1 fully saturated rings. The largest absolute Gasteiger partial charge is 0.500 e. The van der Waals surface area contributed by atoms with E-state index in [1.54, 1.807) is 18.2 Å². The van der Waals surface area contributed by atoms with E-state index in [-0.39, 0.29) is 17.6 Å². The summed E-state index contributed by atoms with van der Waals surface area (Å²) in [6.45, 7) is 2.49. The monoisotopic (exact) mass is 401 g/mol. The van der Waals surface area contributed by atoms with Gasteiger partial charge in [-0.05, 0) is 72.8 Å². The van der Waals surface area contributed by atoms with Crippen molar-refractivity contribution in [3.63, 3.8) is 0 Å². The summed E-state index contributed by atoms with van der Waals surface area (Å²) in [5.41, 5.74) is 2.36. The maximum atomic E-state index is 13.7. The summed E-state index contributed by atoms with van der Waals surface area (Å²) in [5.74, 6) is -1.70. The van der Waals surface area contributed by atoms with E-state index in [0.29, 0.717) is 31.7 Å². The first-order valence-corrected chi connectivity index (χ1v) is 9.77. The Hall–Kier alpha value is -2.73. The molecule has 0 spiro atoms. The molecular weight excluding hydrogens is 376 g/mol. The number of benzene rings is 2. The second-order valence-corrected chi connectivity index (χ2v) is 7.30. The lowest BCUT2D eigenvalue weighted by atomic mass is 9.98. The van der Waals surface area contributed by atoms with Gasteiger partial charge < -0.3 is 9.84 Å². The Morgan fingerprint density at radius 2 is 2.03 bits per heavy atom. The molecule has 0 radical (unpaired) electrons. The van der Waals surface area contributed by atoms with E-state index in [1.165, 1.54) is 30.5 Å². The molecule has 1 heterocycles. The molecule has 1 saturated heterocycles. The van der Waals surface area contributed by atoms with Gasteiger partial charge in [0.05, 0.1) is 18.8 Å². The SMILES string of the molecule is O=C(O)C1CCCN(CCO/C=C\c2cc(F)ccc2Cc2cccc(F)c2)C1. The van der Waals surface area contributed by atoms with Gasteiger partial charge in [-0.25, -0.2) is 8.78 Å². The van der Waals surface area contributed by atoms with Crippen LogP contribution in [0.25, 0.3) is 6.08 Å². The third kappa shape index (κ3) is 6.39. The third-order valence-electron chi connectivity index (χ3n) is 5.12. The summed E-state index contributed by atoms with van der Waals surface area (Å²) in [5, 5.41) is 9.14. The number of likely N-dealkylation sites (tertiary alicyclic amines) is 1. The van der Waals surface area contributed by atoms with Gasteiger partial charge in [0.15, 0.2) is 0 Å². The van der Waals surface area contributed by atoms with E-state index in [1.807, 2.05) is 6.07 Å². The van der Waals surface area contributed by atoms with E-state index in [0.717, 1.165) is 30.5 Å². The predicted octanol–water partition coefficient (Wildman–Crippen LogP) is 4.34. The van der Waals surface area contributed by atoms with Crippen molar-refractivity contribution >= 4 is 12.0 Å². The highest BCUT2D eigenvalue weighted by molar-refractivity contribution is 5.70. The fourth-order valence-corrected chi connectivity index (χ4v) is 3.58. The summed E-state index contributed by atoms with van der Waals surface area (Å²) in [6.07, 6.45) is 5.32. The van der Waals surface area contributed by atoms with Gasteiger partial charge in [0.2, 0.25) is 0 Å². The predicted molar refractivity (Wildman–Crippen MR) is 107 cm³/mol. The highest BCUT2D eigenvalue weighted by atomic mass is 19.1. The highest BCUT2D eigenvalue weighted by Gasteiger charge is 2.24. The van der Waals surface area contributed by atoms with Crippen molar-refractivity contribution in [1.29, 1.82) is 0 Å². The molecule has 2 aromatic rings. The maximum Gasteiger partial charge on any atom is 0.307 e. The molecule has 2 aromatic carbocycles. The zero-order chi connectivity index (χ0) is 20.6. The van der Waals surface area contributed by atoms with Crippen LogP contribution < -0.4 is 0 Å². The van der Waals surface area contributed by atoms with Gasteiger partial charge in [0.1, 0.15) is 11.6 Å². The minimum atomic E-state index is -0.743. The second-order valence-electron chi connectivity index (χ2n) is 7.30. The number of hydrogen-bond acceptors (Lipinski definition) is 3. The van der Waals surface area contributed by atoms with Crippen molar-refractivity contribution in [2.45, 2.75) is 19.3 Å². The van der Waals surface area contributed by atoms with E-state index in [9.17, 15) is 13.6 Å². The summed E-state index contributed by atoms with van der Waals surface area (Å²) < 4.78 is 32.6. The normalized spacial score (nSPS) is 17.5. The number of halogens is 2. The van der Waals surface area contributed by atoms with Crippen molar-refractivity contribution in [2.75, 3.05) is 26.2 Å². The van der Waals surface area contributed by atoms with Crippen molar-refractivity contribution in [3.8, 4) is 0 Å². The Morgan fingerprint density at radius 1 is 1.21 bits per heavy atom. The van der Waals surface area contributed by atoms with Crippen LogP contribution in [-0.2, 0) is 16.0 Å². The molecular formula is C23H25F2NO3. The van der Waals surface area contributed by atoms with Gasteiger partial charge >= 0.3 is 5.97 Å². The molecule has 154 valence electrons. The van der Waals surface area contributed by atoms with Crippen LogP contribution >= 0.6 is 0 Å². The number of ether oxygens (including phenoxy) is 1. The number of nitrogens with zero attached hydrogens (tertiary/aromatic N) is 1. The molecule has 1 unspecified atom stereocenters. The van der Waals surface area contributed by atoms with Gasteiger partial charge in [-0.1, -0.05) is 18.2 Å². The summed E-state index contributed by atoms with van der Waals surface area (Å²) in [7, 11) is 0. The number of carboxylic acid groups (broad SMARTS) is 1. The lowest BCUT2D eigenvalue weighted by Crippen LogP contribution is -2.40. The molecule has 4 nitrogen and oxygen atoms in total. The van der Waals surface area contributed by atoms with Crippen molar-refractivity contribution in [3.05, 3.63) is 77.1 Å². The Balaban J connectivity index is 1.54. The van der Waals surface area contributed by atoms with Crippen LogP contribution in [0.1, 0.15) is 29.5 Å². The fraction of sp³-hybridized carbons (Fsp3) is 0.348. The lowest BCUT2D eigenvalue weighted by Gasteiger charge is -2.30. The second kappa shape index (κ2) is 10.2. The number of rotatable bonds is 8. The first-order valence-electron chi connectivity index (χ1n) is 9.77.